The van der Waals surface area contributed by atoms with Crippen molar-refractivity contribution in [2.45, 2.75) is 46.1 Å². The Kier molecular flexibility index (Phi) is 7.84. The summed E-state index contributed by atoms with van der Waals surface area (Å²) in [6.45, 7) is 5.83. The normalized spacial score (nSPS) is 15.0. The summed E-state index contributed by atoms with van der Waals surface area (Å²) in [5, 5.41) is 0. The fraction of sp³-hybridized carbons (Fsp3) is 0.600. The van der Waals surface area contributed by atoms with Gasteiger partial charge in [0, 0.05) is 17.2 Å². The van der Waals surface area contributed by atoms with Crippen molar-refractivity contribution in [2.75, 3.05) is 14.1 Å². The van der Waals surface area contributed by atoms with Crippen LogP contribution in [0.15, 0.2) is 22.8 Å². The van der Waals surface area contributed by atoms with Gasteiger partial charge in [0.2, 0.25) is 11.8 Å². The Morgan fingerprint density at radius 1 is 1.15 bits per heavy atom. The van der Waals surface area contributed by atoms with Crippen LogP contribution in [0.1, 0.15) is 40.0 Å². The van der Waals surface area contributed by atoms with Crippen molar-refractivity contribution < 1.29 is 9.59 Å². The minimum atomic E-state index is -0.455. The van der Waals surface area contributed by atoms with Crippen LogP contribution in [-0.2, 0) is 9.59 Å². The van der Waals surface area contributed by atoms with Gasteiger partial charge in [0.05, 0.1) is 0 Å². The number of carbonyl (C=O) groups is 2. The van der Waals surface area contributed by atoms with Crippen molar-refractivity contribution in [3.8, 4) is 0 Å². The molecule has 0 spiro atoms. The molecule has 0 aliphatic heterocycles. The highest BCUT2D eigenvalue weighted by Crippen LogP contribution is 2.17. The number of amides is 2. The molecular formula is C15H27N3O2. The molecule has 0 aliphatic rings. The summed E-state index contributed by atoms with van der Waals surface area (Å²) in [6.07, 6.45) is 3.60. The van der Waals surface area contributed by atoms with Crippen molar-refractivity contribution in [1.82, 2.24) is 4.90 Å². The molecule has 0 radical (unpaired) electrons. The maximum absolute atomic E-state index is 11.6. The van der Waals surface area contributed by atoms with Gasteiger partial charge in [0.15, 0.2) is 0 Å². The summed E-state index contributed by atoms with van der Waals surface area (Å²) in [5.41, 5.74) is 12.9. The first-order valence-corrected chi connectivity index (χ1v) is 6.90. The molecule has 0 heterocycles. The number of hydrogen-bond donors (Lipinski definition) is 2. The van der Waals surface area contributed by atoms with Gasteiger partial charge in [-0.25, -0.2) is 0 Å². The summed E-state index contributed by atoms with van der Waals surface area (Å²) in [7, 11) is 3.79. The van der Waals surface area contributed by atoms with Gasteiger partial charge in [-0.3, -0.25) is 9.59 Å². The van der Waals surface area contributed by atoms with Crippen molar-refractivity contribution >= 4 is 11.8 Å². The molecule has 4 N–H and O–H groups in total. The second kappa shape index (κ2) is 8.53. The smallest absolute Gasteiger partial charge is 0.245 e. The molecular weight excluding hydrogens is 254 g/mol. The van der Waals surface area contributed by atoms with Crippen LogP contribution in [0.3, 0.4) is 0 Å². The minimum absolute atomic E-state index is 0.0523. The Morgan fingerprint density at radius 3 is 2.00 bits per heavy atom. The average molecular weight is 281 g/mol. The van der Waals surface area contributed by atoms with Crippen LogP contribution in [0, 0.1) is 0 Å². The van der Waals surface area contributed by atoms with E-state index in [1.165, 1.54) is 0 Å². The fourth-order valence-electron chi connectivity index (χ4n) is 2.17. The molecule has 0 aromatic carbocycles. The molecule has 0 saturated heterocycles. The van der Waals surface area contributed by atoms with E-state index in [9.17, 15) is 9.59 Å². The Labute approximate surface area is 121 Å². The van der Waals surface area contributed by atoms with E-state index in [-0.39, 0.29) is 6.04 Å². The maximum Gasteiger partial charge on any atom is 0.245 e. The molecule has 0 bridgehead atoms. The highest BCUT2D eigenvalue weighted by molar-refractivity contribution is 5.95. The van der Waals surface area contributed by atoms with Gasteiger partial charge in [0.25, 0.3) is 0 Å². The predicted octanol–water partition coefficient (Wildman–Crippen LogP) is 1.34. The average Bonchev–Trinajstić information content (AvgIpc) is 2.36. The number of primary amides is 2. The summed E-state index contributed by atoms with van der Waals surface area (Å²) >= 11 is 0. The number of nitrogens with two attached hydrogens (primary N) is 2. The lowest BCUT2D eigenvalue weighted by atomic mass is 9.97. The van der Waals surface area contributed by atoms with Gasteiger partial charge in [-0.15, -0.1) is 0 Å². The Morgan fingerprint density at radius 2 is 1.70 bits per heavy atom. The van der Waals surface area contributed by atoms with Gasteiger partial charge in [-0.2, -0.15) is 0 Å². The van der Waals surface area contributed by atoms with E-state index in [1.54, 1.807) is 6.08 Å². The third kappa shape index (κ3) is 5.17. The summed E-state index contributed by atoms with van der Waals surface area (Å²) in [4.78, 5) is 25.0. The summed E-state index contributed by atoms with van der Waals surface area (Å²) < 4.78 is 0. The highest BCUT2D eigenvalue weighted by atomic mass is 16.1. The van der Waals surface area contributed by atoms with Crippen LogP contribution in [-0.4, -0.2) is 36.9 Å². The fourth-order valence-corrected chi connectivity index (χ4v) is 2.17. The van der Waals surface area contributed by atoms with E-state index < -0.39 is 11.8 Å². The zero-order valence-corrected chi connectivity index (χ0v) is 13.2. The molecule has 1 unspecified atom stereocenters. The van der Waals surface area contributed by atoms with Gasteiger partial charge < -0.3 is 16.4 Å². The molecule has 5 heteroatoms. The molecule has 5 nitrogen and oxygen atoms in total. The number of carbonyl (C=O) groups excluding carboxylic acids is 2. The number of allylic oxidation sites excluding steroid dienone is 2. The molecule has 1 atom stereocenters. The number of nitrogens with zero attached hydrogens (tertiary/aromatic N) is 1. The van der Waals surface area contributed by atoms with Crippen LogP contribution >= 0.6 is 0 Å². The Hall–Kier alpha value is -1.62. The van der Waals surface area contributed by atoms with Gasteiger partial charge in [0.1, 0.15) is 0 Å². The largest absolute Gasteiger partial charge is 0.366 e. The van der Waals surface area contributed by atoms with E-state index in [0.29, 0.717) is 17.6 Å². The van der Waals surface area contributed by atoms with Gasteiger partial charge >= 0.3 is 0 Å². The third-order valence-electron chi connectivity index (χ3n) is 3.52. The molecule has 0 fully saturated rings. The topological polar surface area (TPSA) is 89.4 Å². The quantitative estimate of drug-likeness (QED) is 0.658. The van der Waals surface area contributed by atoms with E-state index in [1.807, 2.05) is 39.8 Å². The molecule has 2 amide bonds. The lowest BCUT2D eigenvalue weighted by Gasteiger charge is -2.24. The number of likely N-dealkylation sites (N-methyl/N-ethyl adjacent to an activating group) is 1. The second-order valence-electron chi connectivity index (χ2n) is 5.09. The zero-order chi connectivity index (χ0) is 15.9. The van der Waals surface area contributed by atoms with Crippen LogP contribution in [0.25, 0.3) is 0 Å². The Bertz CT molecular complexity index is 423. The zero-order valence-electron chi connectivity index (χ0n) is 13.2. The molecule has 20 heavy (non-hydrogen) atoms. The maximum atomic E-state index is 11.6. The summed E-state index contributed by atoms with van der Waals surface area (Å²) in [5.74, 6) is -0.897. The molecule has 0 saturated carbocycles. The van der Waals surface area contributed by atoms with E-state index >= 15 is 0 Å². The summed E-state index contributed by atoms with van der Waals surface area (Å²) in [6, 6.07) is -0.0523. The first-order chi connectivity index (χ1) is 9.26. The van der Waals surface area contributed by atoms with Crippen LogP contribution in [0.2, 0.25) is 0 Å². The molecule has 0 rings (SSSR count). The van der Waals surface area contributed by atoms with Crippen molar-refractivity contribution in [3.05, 3.63) is 22.8 Å². The molecule has 0 aliphatic carbocycles. The minimum Gasteiger partial charge on any atom is -0.366 e. The molecule has 114 valence electrons. The number of rotatable bonds is 8. The first-order valence-electron chi connectivity index (χ1n) is 6.90. The van der Waals surface area contributed by atoms with Crippen molar-refractivity contribution in [3.63, 3.8) is 0 Å². The monoisotopic (exact) mass is 281 g/mol. The van der Waals surface area contributed by atoms with Gasteiger partial charge in [-0.05, 0) is 40.3 Å². The van der Waals surface area contributed by atoms with Crippen molar-refractivity contribution in [1.29, 1.82) is 0 Å². The van der Waals surface area contributed by atoms with Crippen LogP contribution in [0.4, 0.5) is 0 Å². The Balaban J connectivity index is 5.42. The van der Waals surface area contributed by atoms with E-state index in [0.717, 1.165) is 18.4 Å². The number of hydrogen-bond acceptors (Lipinski definition) is 3. The SMILES string of the molecule is CC/C(C)=C(/C/C=C(\C(N)=O)C(CC)N(C)C)C(N)=O. The lowest BCUT2D eigenvalue weighted by molar-refractivity contribution is -0.116. The third-order valence-corrected chi connectivity index (χ3v) is 3.52. The second-order valence-corrected chi connectivity index (χ2v) is 5.09. The van der Waals surface area contributed by atoms with Gasteiger partial charge in [-0.1, -0.05) is 25.5 Å². The first kappa shape index (κ1) is 18.4. The van der Waals surface area contributed by atoms with Crippen LogP contribution < -0.4 is 11.5 Å². The van der Waals surface area contributed by atoms with E-state index in [4.69, 9.17) is 11.5 Å². The van der Waals surface area contributed by atoms with Crippen LogP contribution in [0.5, 0.6) is 0 Å². The standard InChI is InChI=1S/C15H27N3O2/c1-6-10(3)11(14(16)19)8-9-12(15(17)20)13(7-2)18(4)5/h9,13H,6-8H2,1-5H3,(H2,16,19)(H2,17,20)/b11-10-,12-9-. The lowest BCUT2D eigenvalue weighted by Crippen LogP contribution is -2.35. The van der Waals surface area contributed by atoms with E-state index in [2.05, 4.69) is 0 Å². The highest BCUT2D eigenvalue weighted by Gasteiger charge is 2.19. The predicted molar refractivity (Wildman–Crippen MR) is 81.8 cm³/mol. The van der Waals surface area contributed by atoms with Crippen molar-refractivity contribution in [2.24, 2.45) is 11.5 Å². The molecule has 0 aromatic heterocycles. The molecule has 0 aromatic rings.